The smallest absolute Gasteiger partial charge is 0.239 e. The van der Waals surface area contributed by atoms with Crippen LogP contribution in [0.4, 0.5) is 5.69 Å². The molecular formula is C10H10N2O2S2. The van der Waals surface area contributed by atoms with Gasteiger partial charge in [-0.15, -0.1) is 0 Å². The van der Waals surface area contributed by atoms with Crippen LogP contribution in [0, 0.1) is 0 Å². The molecule has 84 valence electrons. The van der Waals surface area contributed by atoms with Crippen LogP contribution in [0.25, 0.3) is 0 Å². The number of hydrogen-bond acceptors (Lipinski definition) is 5. The lowest BCUT2D eigenvalue weighted by atomic mass is 10.3. The molecular weight excluding hydrogens is 244 g/mol. The van der Waals surface area contributed by atoms with Crippen molar-refractivity contribution < 1.29 is 9.90 Å². The van der Waals surface area contributed by atoms with Crippen molar-refractivity contribution >= 4 is 39.9 Å². The van der Waals surface area contributed by atoms with Crippen molar-refractivity contribution in [1.82, 2.24) is 4.90 Å². The van der Waals surface area contributed by atoms with Gasteiger partial charge >= 0.3 is 0 Å². The lowest BCUT2D eigenvalue weighted by Crippen LogP contribution is -2.33. The van der Waals surface area contributed by atoms with Crippen molar-refractivity contribution in [2.24, 2.45) is 0 Å². The summed E-state index contributed by atoms with van der Waals surface area (Å²) in [5.74, 6) is 0.672. The maximum Gasteiger partial charge on any atom is 0.239 e. The number of thioether (sulfide) groups is 1. The zero-order valence-electron chi connectivity index (χ0n) is 8.34. The summed E-state index contributed by atoms with van der Waals surface area (Å²) < 4.78 is 0.608. The number of rotatable bonds is 3. The van der Waals surface area contributed by atoms with Gasteiger partial charge in [0.25, 0.3) is 0 Å². The molecule has 1 aromatic rings. The van der Waals surface area contributed by atoms with Gasteiger partial charge in [-0.1, -0.05) is 24.0 Å². The van der Waals surface area contributed by atoms with Crippen LogP contribution >= 0.6 is 24.0 Å². The van der Waals surface area contributed by atoms with Crippen LogP contribution in [0.2, 0.25) is 0 Å². The topological polar surface area (TPSA) is 52.6 Å². The first-order valence-corrected chi connectivity index (χ1v) is 6.06. The molecule has 0 aliphatic carbocycles. The van der Waals surface area contributed by atoms with Gasteiger partial charge in [-0.3, -0.25) is 9.69 Å². The van der Waals surface area contributed by atoms with E-state index in [0.717, 1.165) is 5.69 Å². The number of phenols is 1. The highest BCUT2D eigenvalue weighted by atomic mass is 32.2. The Labute approximate surface area is 103 Å². The Hall–Kier alpha value is -1.27. The molecule has 0 unspecified atom stereocenters. The molecule has 1 heterocycles. The summed E-state index contributed by atoms with van der Waals surface area (Å²) in [4.78, 5) is 12.9. The van der Waals surface area contributed by atoms with Crippen LogP contribution in [-0.2, 0) is 4.79 Å². The minimum absolute atomic E-state index is 0.0290. The summed E-state index contributed by atoms with van der Waals surface area (Å²) >= 11 is 6.42. The minimum atomic E-state index is 0.0290. The Balaban J connectivity index is 1.94. The monoisotopic (exact) mass is 254 g/mol. The number of anilines is 1. The Morgan fingerprint density at radius 2 is 2.12 bits per heavy atom. The van der Waals surface area contributed by atoms with Gasteiger partial charge in [0.05, 0.1) is 12.4 Å². The third kappa shape index (κ3) is 2.45. The second-order valence-corrected chi connectivity index (χ2v) is 4.87. The third-order valence-corrected chi connectivity index (χ3v) is 3.58. The first-order chi connectivity index (χ1) is 7.66. The van der Waals surface area contributed by atoms with Gasteiger partial charge in [-0.05, 0) is 24.3 Å². The number of carbonyl (C=O) groups is 1. The van der Waals surface area contributed by atoms with Gasteiger partial charge in [0.2, 0.25) is 5.91 Å². The summed E-state index contributed by atoms with van der Waals surface area (Å²) in [5, 5.41) is 12.2. The number of amides is 1. The molecule has 0 radical (unpaired) electrons. The second-order valence-electron chi connectivity index (χ2n) is 3.26. The molecule has 1 aromatic carbocycles. The maximum absolute atomic E-state index is 11.4. The zero-order valence-corrected chi connectivity index (χ0v) is 9.98. The number of carbonyl (C=O) groups excluding carboxylic acids is 1. The fraction of sp³-hybridized carbons (Fsp3) is 0.200. The molecule has 1 amide bonds. The molecule has 0 atom stereocenters. The van der Waals surface area contributed by atoms with Crippen molar-refractivity contribution in [3.8, 4) is 5.75 Å². The predicted octanol–water partition coefficient (Wildman–Crippen LogP) is 1.62. The van der Waals surface area contributed by atoms with Gasteiger partial charge in [0.15, 0.2) is 0 Å². The van der Waals surface area contributed by atoms with Crippen molar-refractivity contribution in [3.63, 3.8) is 0 Å². The maximum atomic E-state index is 11.4. The molecule has 0 saturated carbocycles. The van der Waals surface area contributed by atoms with Crippen LogP contribution < -0.4 is 5.32 Å². The first kappa shape index (κ1) is 11.2. The molecule has 0 spiro atoms. The number of benzene rings is 1. The van der Waals surface area contributed by atoms with Gasteiger partial charge in [-0.2, -0.15) is 0 Å². The summed E-state index contributed by atoms with van der Waals surface area (Å²) in [6.45, 7) is 0.370. The van der Waals surface area contributed by atoms with Crippen molar-refractivity contribution in [2.75, 3.05) is 17.7 Å². The van der Waals surface area contributed by atoms with E-state index in [4.69, 9.17) is 17.3 Å². The van der Waals surface area contributed by atoms with E-state index in [-0.39, 0.29) is 11.7 Å². The van der Waals surface area contributed by atoms with Gasteiger partial charge in [-0.25, -0.2) is 0 Å². The van der Waals surface area contributed by atoms with E-state index in [1.54, 1.807) is 24.3 Å². The highest BCUT2D eigenvalue weighted by molar-refractivity contribution is 8.23. The average molecular weight is 254 g/mol. The van der Waals surface area contributed by atoms with Crippen molar-refractivity contribution in [3.05, 3.63) is 24.3 Å². The molecule has 4 nitrogen and oxygen atoms in total. The Bertz CT molecular complexity index is 403. The number of aromatic hydroxyl groups is 1. The van der Waals surface area contributed by atoms with E-state index >= 15 is 0 Å². The quantitative estimate of drug-likeness (QED) is 0.634. The van der Waals surface area contributed by atoms with Crippen LogP contribution in [0.5, 0.6) is 5.75 Å². The SMILES string of the molecule is O=C1CSC(=S)N1CNc1ccc(O)cc1. The Morgan fingerprint density at radius 1 is 1.44 bits per heavy atom. The highest BCUT2D eigenvalue weighted by Crippen LogP contribution is 2.19. The number of nitrogens with zero attached hydrogens (tertiary/aromatic N) is 1. The van der Waals surface area contributed by atoms with Gasteiger partial charge in [0, 0.05) is 5.69 Å². The van der Waals surface area contributed by atoms with Crippen LogP contribution in [0.15, 0.2) is 24.3 Å². The van der Waals surface area contributed by atoms with E-state index in [2.05, 4.69) is 5.32 Å². The predicted molar refractivity (Wildman–Crippen MR) is 68.5 cm³/mol. The molecule has 2 rings (SSSR count). The molecule has 1 aliphatic heterocycles. The van der Waals surface area contributed by atoms with E-state index in [0.29, 0.717) is 16.7 Å². The summed E-state index contributed by atoms with van der Waals surface area (Å²) in [6.07, 6.45) is 0. The van der Waals surface area contributed by atoms with E-state index in [1.165, 1.54) is 16.7 Å². The van der Waals surface area contributed by atoms with Crippen LogP contribution in [0.3, 0.4) is 0 Å². The fourth-order valence-electron chi connectivity index (χ4n) is 1.28. The second kappa shape index (κ2) is 4.71. The number of nitrogens with one attached hydrogen (secondary N) is 1. The number of thiocarbonyl (C=S) groups is 1. The third-order valence-electron chi connectivity index (χ3n) is 2.15. The average Bonchev–Trinajstić information content (AvgIpc) is 2.59. The number of phenolic OH excluding ortho intramolecular Hbond substituents is 1. The zero-order chi connectivity index (χ0) is 11.5. The Morgan fingerprint density at radius 3 is 2.69 bits per heavy atom. The van der Waals surface area contributed by atoms with E-state index < -0.39 is 0 Å². The summed E-state index contributed by atoms with van der Waals surface area (Å²) in [5.41, 5.74) is 0.838. The molecule has 16 heavy (non-hydrogen) atoms. The molecule has 1 aliphatic rings. The fourth-order valence-corrected chi connectivity index (χ4v) is 2.35. The van der Waals surface area contributed by atoms with Gasteiger partial charge in [0.1, 0.15) is 10.1 Å². The molecule has 0 bridgehead atoms. The normalized spacial score (nSPS) is 15.6. The Kier molecular flexibility index (Phi) is 3.31. The number of hydrogen-bond donors (Lipinski definition) is 2. The largest absolute Gasteiger partial charge is 0.508 e. The summed E-state index contributed by atoms with van der Waals surface area (Å²) in [7, 11) is 0. The van der Waals surface area contributed by atoms with E-state index in [1.807, 2.05) is 0 Å². The molecule has 2 N–H and O–H groups in total. The van der Waals surface area contributed by atoms with Crippen molar-refractivity contribution in [2.45, 2.75) is 0 Å². The standard InChI is InChI=1S/C10H10N2O2S2/c13-8-3-1-7(2-4-8)11-6-12-9(14)5-16-10(12)15/h1-4,11,13H,5-6H2. The van der Waals surface area contributed by atoms with E-state index in [9.17, 15) is 4.79 Å². The lowest BCUT2D eigenvalue weighted by molar-refractivity contribution is -0.123. The van der Waals surface area contributed by atoms with Crippen LogP contribution in [0.1, 0.15) is 0 Å². The van der Waals surface area contributed by atoms with Crippen molar-refractivity contribution in [1.29, 1.82) is 0 Å². The minimum Gasteiger partial charge on any atom is -0.508 e. The van der Waals surface area contributed by atoms with Crippen LogP contribution in [-0.4, -0.2) is 32.7 Å². The highest BCUT2D eigenvalue weighted by Gasteiger charge is 2.25. The summed E-state index contributed by atoms with van der Waals surface area (Å²) in [6, 6.07) is 6.65. The molecule has 1 fully saturated rings. The molecule has 1 saturated heterocycles. The van der Waals surface area contributed by atoms with Gasteiger partial charge < -0.3 is 10.4 Å². The molecule has 0 aromatic heterocycles. The lowest BCUT2D eigenvalue weighted by Gasteiger charge is -2.16. The first-order valence-electron chi connectivity index (χ1n) is 4.67. The molecule has 6 heteroatoms.